The molecule has 2 aromatic rings. The fourth-order valence-corrected chi connectivity index (χ4v) is 1.86. The van der Waals surface area contributed by atoms with Crippen LogP contribution in [-0.2, 0) is 11.3 Å². The number of methoxy groups -OCH3 is 1. The second kappa shape index (κ2) is 6.88. The van der Waals surface area contributed by atoms with E-state index < -0.39 is 12.3 Å². The maximum Gasteiger partial charge on any atom is 0.337 e. The van der Waals surface area contributed by atoms with E-state index in [4.69, 9.17) is 4.74 Å². The quantitative estimate of drug-likeness (QED) is 0.650. The van der Waals surface area contributed by atoms with Gasteiger partial charge in [0.1, 0.15) is 12.4 Å². The van der Waals surface area contributed by atoms with Crippen LogP contribution in [0.3, 0.4) is 0 Å². The lowest BCUT2D eigenvalue weighted by molar-refractivity contribution is -0.0443. The third-order valence-electron chi connectivity index (χ3n) is 2.95. The molecular formula is C16H16O5. The highest BCUT2D eigenvalue weighted by Gasteiger charge is 2.15. The number of carbonyl (C=O) groups is 1. The first-order valence-electron chi connectivity index (χ1n) is 6.37. The van der Waals surface area contributed by atoms with Crippen LogP contribution in [0.5, 0.6) is 5.75 Å². The van der Waals surface area contributed by atoms with E-state index >= 15 is 0 Å². The summed E-state index contributed by atoms with van der Waals surface area (Å²) in [6.07, 6.45) is -1.74. The Bertz CT molecular complexity index is 607. The molecule has 0 amide bonds. The van der Waals surface area contributed by atoms with Crippen molar-refractivity contribution in [3.05, 3.63) is 65.2 Å². The fraction of sp³-hybridized carbons (Fsp3) is 0.188. The zero-order chi connectivity index (χ0) is 15.2. The number of benzene rings is 2. The Morgan fingerprint density at radius 1 is 1.14 bits per heavy atom. The molecule has 2 aromatic carbocycles. The Labute approximate surface area is 122 Å². The van der Waals surface area contributed by atoms with Crippen molar-refractivity contribution in [2.24, 2.45) is 0 Å². The monoisotopic (exact) mass is 288 g/mol. The van der Waals surface area contributed by atoms with Crippen molar-refractivity contribution in [1.82, 2.24) is 0 Å². The van der Waals surface area contributed by atoms with Crippen molar-refractivity contribution in [2.45, 2.75) is 12.9 Å². The van der Waals surface area contributed by atoms with Crippen LogP contribution in [-0.4, -0.2) is 23.3 Å². The molecule has 0 saturated carbocycles. The van der Waals surface area contributed by atoms with E-state index in [2.05, 4.69) is 4.74 Å². The normalized spacial score (nSPS) is 10.5. The van der Waals surface area contributed by atoms with Crippen molar-refractivity contribution >= 4 is 5.97 Å². The van der Waals surface area contributed by atoms with Crippen LogP contribution < -0.4 is 4.74 Å². The number of hydrogen-bond acceptors (Lipinski definition) is 5. The SMILES string of the molecule is COC(=O)c1ccc(OCc2ccccc2)c(C(O)O)c1. The Morgan fingerprint density at radius 2 is 1.86 bits per heavy atom. The highest BCUT2D eigenvalue weighted by molar-refractivity contribution is 5.89. The molecule has 0 aliphatic rings. The predicted molar refractivity (Wildman–Crippen MR) is 75.7 cm³/mol. The molecule has 0 heterocycles. The Kier molecular flexibility index (Phi) is 4.92. The minimum atomic E-state index is -1.74. The molecule has 0 fully saturated rings. The first kappa shape index (κ1) is 15.0. The second-order valence-electron chi connectivity index (χ2n) is 4.39. The van der Waals surface area contributed by atoms with Gasteiger partial charge in [0.05, 0.1) is 18.2 Å². The molecule has 0 aromatic heterocycles. The Morgan fingerprint density at radius 3 is 2.48 bits per heavy atom. The number of carbonyl (C=O) groups excluding carboxylic acids is 1. The largest absolute Gasteiger partial charge is 0.488 e. The van der Waals surface area contributed by atoms with Crippen LogP contribution in [0.2, 0.25) is 0 Å². The van der Waals surface area contributed by atoms with Gasteiger partial charge in [-0.3, -0.25) is 0 Å². The van der Waals surface area contributed by atoms with Crippen LogP contribution in [0.15, 0.2) is 48.5 Å². The summed E-state index contributed by atoms with van der Waals surface area (Å²) in [7, 11) is 1.26. The first-order valence-corrected chi connectivity index (χ1v) is 6.37. The number of esters is 1. The van der Waals surface area contributed by atoms with Gasteiger partial charge in [-0.25, -0.2) is 4.79 Å². The molecule has 0 aliphatic heterocycles. The van der Waals surface area contributed by atoms with Gasteiger partial charge < -0.3 is 19.7 Å². The van der Waals surface area contributed by atoms with E-state index in [9.17, 15) is 15.0 Å². The number of aliphatic hydroxyl groups excluding tert-OH is 1. The van der Waals surface area contributed by atoms with Gasteiger partial charge in [0.15, 0.2) is 6.29 Å². The number of rotatable bonds is 5. The second-order valence-corrected chi connectivity index (χ2v) is 4.39. The fourth-order valence-electron chi connectivity index (χ4n) is 1.86. The van der Waals surface area contributed by atoms with E-state index in [-0.39, 0.29) is 17.7 Å². The average Bonchev–Trinajstić information content (AvgIpc) is 2.52. The standard InChI is InChI=1S/C16H16O5/c1-20-16(19)12-7-8-14(13(9-12)15(17)18)21-10-11-5-3-2-4-6-11/h2-9,15,17-18H,10H2,1H3. The van der Waals surface area contributed by atoms with E-state index in [0.29, 0.717) is 5.75 Å². The third-order valence-corrected chi connectivity index (χ3v) is 2.95. The van der Waals surface area contributed by atoms with E-state index in [1.54, 1.807) is 0 Å². The lowest BCUT2D eigenvalue weighted by Crippen LogP contribution is -2.07. The predicted octanol–water partition coefficient (Wildman–Crippen LogP) is 2.04. The molecule has 5 heteroatoms. The van der Waals surface area contributed by atoms with Crippen molar-refractivity contribution in [3.8, 4) is 5.75 Å². The molecule has 0 bridgehead atoms. The molecule has 5 nitrogen and oxygen atoms in total. The molecule has 0 radical (unpaired) electrons. The topological polar surface area (TPSA) is 76.0 Å². The number of hydrogen-bond donors (Lipinski definition) is 2. The van der Waals surface area contributed by atoms with Gasteiger partial charge in [0.2, 0.25) is 0 Å². The van der Waals surface area contributed by atoms with Gasteiger partial charge in [0, 0.05) is 0 Å². The van der Waals surface area contributed by atoms with Crippen molar-refractivity contribution < 1.29 is 24.5 Å². The highest BCUT2D eigenvalue weighted by Crippen LogP contribution is 2.26. The van der Waals surface area contributed by atoms with E-state index in [0.717, 1.165) is 5.56 Å². The van der Waals surface area contributed by atoms with Gasteiger partial charge in [-0.05, 0) is 23.8 Å². The molecule has 0 unspecified atom stereocenters. The van der Waals surface area contributed by atoms with Gasteiger partial charge >= 0.3 is 5.97 Å². The first-order chi connectivity index (χ1) is 10.1. The summed E-state index contributed by atoms with van der Waals surface area (Å²) in [5, 5.41) is 18.8. The van der Waals surface area contributed by atoms with Crippen molar-refractivity contribution in [1.29, 1.82) is 0 Å². The number of ether oxygens (including phenoxy) is 2. The van der Waals surface area contributed by atoms with E-state index in [1.807, 2.05) is 30.3 Å². The molecule has 21 heavy (non-hydrogen) atoms. The Balaban J connectivity index is 2.20. The molecular weight excluding hydrogens is 272 g/mol. The Hall–Kier alpha value is -2.37. The minimum absolute atomic E-state index is 0.119. The van der Waals surface area contributed by atoms with Crippen LogP contribution >= 0.6 is 0 Å². The lowest BCUT2D eigenvalue weighted by atomic mass is 10.1. The summed E-state index contributed by atoms with van der Waals surface area (Å²) in [6, 6.07) is 13.9. The van der Waals surface area contributed by atoms with Crippen LogP contribution in [0.1, 0.15) is 27.8 Å². The number of aliphatic hydroxyl groups is 2. The summed E-state index contributed by atoms with van der Waals surface area (Å²) in [4.78, 5) is 11.5. The summed E-state index contributed by atoms with van der Waals surface area (Å²) in [5.41, 5.74) is 1.30. The van der Waals surface area contributed by atoms with Gasteiger partial charge in [-0.15, -0.1) is 0 Å². The van der Waals surface area contributed by atoms with Crippen LogP contribution in [0.25, 0.3) is 0 Å². The van der Waals surface area contributed by atoms with Gasteiger partial charge in [-0.2, -0.15) is 0 Å². The van der Waals surface area contributed by atoms with Crippen molar-refractivity contribution in [2.75, 3.05) is 7.11 Å². The molecule has 2 N–H and O–H groups in total. The maximum absolute atomic E-state index is 11.5. The summed E-state index contributed by atoms with van der Waals surface area (Å²) < 4.78 is 10.2. The molecule has 0 atom stereocenters. The third kappa shape index (κ3) is 3.81. The zero-order valence-corrected chi connectivity index (χ0v) is 11.5. The highest BCUT2D eigenvalue weighted by atomic mass is 16.5. The minimum Gasteiger partial charge on any atom is -0.488 e. The summed E-state index contributed by atoms with van der Waals surface area (Å²) >= 11 is 0. The average molecular weight is 288 g/mol. The van der Waals surface area contributed by atoms with Gasteiger partial charge in [-0.1, -0.05) is 30.3 Å². The van der Waals surface area contributed by atoms with Gasteiger partial charge in [0.25, 0.3) is 0 Å². The summed E-state index contributed by atoms with van der Waals surface area (Å²) in [6.45, 7) is 0.290. The van der Waals surface area contributed by atoms with Crippen LogP contribution in [0, 0.1) is 0 Å². The molecule has 0 spiro atoms. The molecule has 0 saturated heterocycles. The maximum atomic E-state index is 11.5. The van der Waals surface area contributed by atoms with Crippen molar-refractivity contribution in [3.63, 3.8) is 0 Å². The molecule has 0 aliphatic carbocycles. The van der Waals surface area contributed by atoms with E-state index in [1.165, 1.54) is 25.3 Å². The smallest absolute Gasteiger partial charge is 0.337 e. The lowest BCUT2D eigenvalue weighted by Gasteiger charge is -2.14. The summed E-state index contributed by atoms with van der Waals surface area (Å²) in [5.74, 6) is -0.243. The molecule has 2 rings (SSSR count). The molecule has 110 valence electrons. The zero-order valence-electron chi connectivity index (χ0n) is 11.5. The van der Waals surface area contributed by atoms with Crippen LogP contribution in [0.4, 0.5) is 0 Å².